The van der Waals surface area contributed by atoms with Gasteiger partial charge in [-0.25, -0.2) is 9.97 Å². The Morgan fingerprint density at radius 3 is 2.88 bits per heavy atom. The first-order chi connectivity index (χ1) is 7.88. The number of hydrogen-bond donors (Lipinski definition) is 1. The van der Waals surface area contributed by atoms with Crippen molar-refractivity contribution in [2.45, 2.75) is 17.0 Å². The first-order valence-corrected chi connectivity index (χ1v) is 6.58. The highest BCUT2D eigenvalue weighted by molar-refractivity contribution is 8.00. The highest BCUT2D eigenvalue weighted by Crippen LogP contribution is 2.21. The third-order valence-corrected chi connectivity index (χ3v) is 3.58. The summed E-state index contributed by atoms with van der Waals surface area (Å²) in [5.74, 6) is 1.58. The first-order valence-electron chi connectivity index (χ1n) is 4.82. The van der Waals surface area contributed by atoms with Crippen molar-refractivity contribution in [1.82, 2.24) is 19.3 Å². The Hall–Kier alpha value is -1.21. The van der Waals surface area contributed by atoms with Crippen LogP contribution in [0.2, 0.25) is 0 Å². The maximum Gasteiger partial charge on any atom is 0.170 e. The van der Waals surface area contributed by atoms with E-state index in [0.717, 1.165) is 28.1 Å². The van der Waals surface area contributed by atoms with E-state index in [2.05, 4.69) is 24.6 Å². The van der Waals surface area contributed by atoms with Gasteiger partial charge in [0.1, 0.15) is 12.1 Å². The van der Waals surface area contributed by atoms with Crippen LogP contribution < -0.4 is 5.32 Å². The lowest BCUT2D eigenvalue weighted by molar-refractivity contribution is 1.07. The quantitative estimate of drug-likeness (QED) is 0.823. The zero-order valence-corrected chi connectivity index (χ0v) is 10.4. The molecule has 0 aliphatic carbocycles. The molecular formula is C9H11N5S2. The van der Waals surface area contributed by atoms with Crippen LogP contribution in [0.4, 0.5) is 5.82 Å². The molecule has 0 aliphatic heterocycles. The minimum absolute atomic E-state index is 0.772. The van der Waals surface area contributed by atoms with E-state index >= 15 is 0 Å². The fourth-order valence-corrected chi connectivity index (χ4v) is 2.40. The molecule has 0 atom stereocenters. The molecule has 2 aromatic heterocycles. The molecule has 1 N–H and O–H groups in total. The Morgan fingerprint density at radius 2 is 2.25 bits per heavy atom. The summed E-state index contributed by atoms with van der Waals surface area (Å²) in [6.07, 6.45) is 5.10. The summed E-state index contributed by atoms with van der Waals surface area (Å²) >= 11 is 3.02. The molecule has 5 nitrogen and oxygen atoms in total. The van der Waals surface area contributed by atoms with E-state index in [1.807, 2.05) is 6.92 Å². The number of rotatable bonds is 5. The summed E-state index contributed by atoms with van der Waals surface area (Å²) in [4.78, 5) is 12.6. The lowest BCUT2D eigenvalue weighted by Crippen LogP contribution is -2.00. The Labute approximate surface area is 102 Å². The van der Waals surface area contributed by atoms with Gasteiger partial charge in [0.15, 0.2) is 4.34 Å². The van der Waals surface area contributed by atoms with E-state index in [1.54, 1.807) is 30.5 Å². The molecule has 0 unspecified atom stereocenters. The van der Waals surface area contributed by atoms with Crippen LogP contribution in [0.15, 0.2) is 23.1 Å². The monoisotopic (exact) mass is 253 g/mol. The highest BCUT2D eigenvalue weighted by atomic mass is 32.2. The van der Waals surface area contributed by atoms with Gasteiger partial charge in [-0.3, -0.25) is 4.98 Å². The SMILES string of the molecule is CCNc1cnc(CSc2ncns2)cn1. The number of nitrogens with zero attached hydrogens (tertiary/aromatic N) is 4. The lowest BCUT2D eigenvalue weighted by atomic mass is 10.5. The van der Waals surface area contributed by atoms with E-state index < -0.39 is 0 Å². The molecule has 0 saturated carbocycles. The van der Waals surface area contributed by atoms with E-state index in [4.69, 9.17) is 0 Å². The summed E-state index contributed by atoms with van der Waals surface area (Å²) in [5, 5.41) is 3.10. The van der Waals surface area contributed by atoms with Crippen molar-refractivity contribution >= 4 is 29.1 Å². The van der Waals surface area contributed by atoms with Crippen LogP contribution in [0.5, 0.6) is 0 Å². The van der Waals surface area contributed by atoms with Crippen molar-refractivity contribution in [2.75, 3.05) is 11.9 Å². The van der Waals surface area contributed by atoms with Crippen molar-refractivity contribution < 1.29 is 0 Å². The van der Waals surface area contributed by atoms with E-state index in [1.165, 1.54) is 11.5 Å². The summed E-state index contributed by atoms with van der Waals surface area (Å²) < 4.78 is 4.89. The molecule has 0 saturated heterocycles. The zero-order chi connectivity index (χ0) is 11.2. The second-order valence-electron chi connectivity index (χ2n) is 2.92. The molecule has 0 aromatic carbocycles. The summed E-state index contributed by atoms with van der Waals surface area (Å²) in [6.45, 7) is 2.88. The van der Waals surface area contributed by atoms with Gasteiger partial charge in [-0.1, -0.05) is 11.8 Å². The first kappa shape index (κ1) is 11.3. The number of nitrogens with one attached hydrogen (secondary N) is 1. The van der Waals surface area contributed by atoms with Crippen LogP contribution in [0.3, 0.4) is 0 Å². The number of thioether (sulfide) groups is 1. The largest absolute Gasteiger partial charge is 0.369 e. The van der Waals surface area contributed by atoms with E-state index in [9.17, 15) is 0 Å². The van der Waals surface area contributed by atoms with Crippen LogP contribution >= 0.6 is 23.3 Å². The van der Waals surface area contributed by atoms with Crippen molar-refractivity contribution in [1.29, 1.82) is 0 Å². The molecule has 2 aromatic rings. The third-order valence-electron chi connectivity index (χ3n) is 1.75. The average Bonchev–Trinajstić information content (AvgIpc) is 2.82. The van der Waals surface area contributed by atoms with Gasteiger partial charge in [-0.05, 0) is 18.5 Å². The Kier molecular flexibility index (Phi) is 4.06. The molecule has 0 amide bonds. The number of hydrogen-bond acceptors (Lipinski definition) is 7. The van der Waals surface area contributed by atoms with Crippen molar-refractivity contribution in [3.63, 3.8) is 0 Å². The molecule has 0 aliphatic rings. The van der Waals surface area contributed by atoms with E-state index in [0.29, 0.717) is 0 Å². The molecule has 84 valence electrons. The Balaban J connectivity index is 1.90. The van der Waals surface area contributed by atoms with Gasteiger partial charge >= 0.3 is 0 Å². The molecule has 0 spiro atoms. The second kappa shape index (κ2) is 5.76. The van der Waals surface area contributed by atoms with Crippen molar-refractivity contribution in [3.8, 4) is 0 Å². The normalized spacial score (nSPS) is 10.3. The second-order valence-corrected chi connectivity index (χ2v) is 4.92. The lowest BCUT2D eigenvalue weighted by Gasteiger charge is -2.02. The van der Waals surface area contributed by atoms with Gasteiger partial charge in [0.05, 0.1) is 18.1 Å². The van der Waals surface area contributed by atoms with E-state index in [-0.39, 0.29) is 0 Å². The van der Waals surface area contributed by atoms with Crippen LogP contribution in [0.1, 0.15) is 12.6 Å². The van der Waals surface area contributed by atoms with Gasteiger partial charge in [-0.2, -0.15) is 4.37 Å². The minimum Gasteiger partial charge on any atom is -0.369 e. The predicted molar refractivity (Wildman–Crippen MR) is 65.7 cm³/mol. The maximum atomic E-state index is 4.31. The maximum absolute atomic E-state index is 4.31. The summed E-state index contributed by atoms with van der Waals surface area (Å²) in [6, 6.07) is 0. The van der Waals surface area contributed by atoms with Crippen LogP contribution in [0.25, 0.3) is 0 Å². The molecule has 0 bridgehead atoms. The Bertz CT molecular complexity index is 414. The molecular weight excluding hydrogens is 242 g/mol. The topological polar surface area (TPSA) is 63.6 Å². The number of aromatic nitrogens is 4. The molecule has 0 radical (unpaired) electrons. The van der Waals surface area contributed by atoms with Crippen molar-refractivity contribution in [2.24, 2.45) is 0 Å². The van der Waals surface area contributed by atoms with Crippen LogP contribution in [-0.2, 0) is 5.75 Å². The molecule has 16 heavy (non-hydrogen) atoms. The van der Waals surface area contributed by atoms with Crippen molar-refractivity contribution in [3.05, 3.63) is 24.4 Å². The molecule has 0 fully saturated rings. The standard InChI is InChI=1S/C9H11N5S2/c1-2-10-8-4-11-7(3-12-8)5-15-9-13-6-14-16-9/h3-4,6H,2,5H2,1H3,(H,10,12). The Morgan fingerprint density at radius 1 is 1.31 bits per heavy atom. The fraction of sp³-hybridized carbons (Fsp3) is 0.333. The van der Waals surface area contributed by atoms with Gasteiger partial charge in [0, 0.05) is 12.3 Å². The molecule has 2 rings (SSSR count). The fourth-order valence-electron chi connectivity index (χ4n) is 1.06. The van der Waals surface area contributed by atoms with Gasteiger partial charge in [-0.15, -0.1) is 0 Å². The van der Waals surface area contributed by atoms with Gasteiger partial charge in [0.25, 0.3) is 0 Å². The zero-order valence-electron chi connectivity index (χ0n) is 8.75. The van der Waals surface area contributed by atoms with Gasteiger partial charge in [0.2, 0.25) is 0 Å². The molecule has 2 heterocycles. The summed E-state index contributed by atoms with van der Waals surface area (Å²) in [7, 11) is 0. The minimum atomic E-state index is 0.772. The predicted octanol–water partition coefficient (Wildman–Crippen LogP) is 2.05. The molecule has 7 heteroatoms. The third kappa shape index (κ3) is 3.14. The van der Waals surface area contributed by atoms with Crippen LogP contribution in [0, 0.1) is 0 Å². The number of anilines is 1. The smallest absolute Gasteiger partial charge is 0.170 e. The van der Waals surface area contributed by atoms with Gasteiger partial charge < -0.3 is 5.32 Å². The van der Waals surface area contributed by atoms with Crippen LogP contribution in [-0.4, -0.2) is 25.9 Å². The average molecular weight is 253 g/mol. The highest BCUT2D eigenvalue weighted by Gasteiger charge is 2.01. The summed E-state index contributed by atoms with van der Waals surface area (Å²) in [5.41, 5.74) is 0.946.